The predicted octanol–water partition coefficient (Wildman–Crippen LogP) is 3.60. The van der Waals surface area contributed by atoms with E-state index in [1.807, 2.05) is 0 Å². The summed E-state index contributed by atoms with van der Waals surface area (Å²) in [6, 6.07) is 4.93. The number of ether oxygens (including phenoxy) is 1. The Labute approximate surface area is 143 Å². The van der Waals surface area contributed by atoms with Gasteiger partial charge in [-0.1, -0.05) is 23.1 Å². The van der Waals surface area contributed by atoms with E-state index in [0.29, 0.717) is 15.2 Å². The normalized spacial score (nSPS) is 12.5. The molecule has 1 aromatic heterocycles. The summed E-state index contributed by atoms with van der Waals surface area (Å²) in [6.45, 7) is 1.70. The van der Waals surface area contributed by atoms with E-state index in [2.05, 4.69) is 25.6 Å². The second kappa shape index (κ2) is 7.71. The van der Waals surface area contributed by atoms with Crippen molar-refractivity contribution in [2.24, 2.45) is 0 Å². The number of amides is 1. The SMILES string of the molecule is CNc1nnc(S[C@@H](C)C(=O)Nc2ccc(OC(F)(F)F)cc2)s1. The zero-order valence-corrected chi connectivity index (χ0v) is 14.2. The molecule has 24 heavy (non-hydrogen) atoms. The minimum Gasteiger partial charge on any atom is -0.406 e. The number of hydrogen-bond donors (Lipinski definition) is 2. The Balaban J connectivity index is 1.91. The molecule has 0 radical (unpaired) electrons. The average Bonchev–Trinajstić information content (AvgIpc) is 2.95. The summed E-state index contributed by atoms with van der Waals surface area (Å²) in [5.41, 5.74) is 0.371. The molecular weight excluding hydrogens is 365 g/mol. The summed E-state index contributed by atoms with van der Waals surface area (Å²) >= 11 is 2.56. The van der Waals surface area contributed by atoms with Gasteiger partial charge in [0.25, 0.3) is 0 Å². The van der Waals surface area contributed by atoms with Crippen LogP contribution in [0, 0.1) is 0 Å². The van der Waals surface area contributed by atoms with E-state index < -0.39 is 11.6 Å². The molecule has 1 heterocycles. The van der Waals surface area contributed by atoms with Gasteiger partial charge in [0, 0.05) is 12.7 Å². The zero-order chi connectivity index (χ0) is 17.7. The van der Waals surface area contributed by atoms with Crippen LogP contribution in [0.5, 0.6) is 5.75 Å². The lowest BCUT2D eigenvalue weighted by molar-refractivity contribution is -0.274. The van der Waals surface area contributed by atoms with Crippen LogP contribution in [0.2, 0.25) is 0 Å². The van der Waals surface area contributed by atoms with Crippen molar-refractivity contribution in [3.05, 3.63) is 24.3 Å². The van der Waals surface area contributed by atoms with Crippen LogP contribution in [0.25, 0.3) is 0 Å². The monoisotopic (exact) mass is 378 g/mol. The number of nitrogens with one attached hydrogen (secondary N) is 2. The largest absolute Gasteiger partial charge is 0.573 e. The first-order valence-electron chi connectivity index (χ1n) is 6.61. The predicted molar refractivity (Wildman–Crippen MR) is 86.5 cm³/mol. The van der Waals surface area contributed by atoms with Gasteiger partial charge in [-0.3, -0.25) is 4.79 Å². The van der Waals surface area contributed by atoms with E-state index in [1.165, 1.54) is 35.2 Å². The Morgan fingerprint density at radius 3 is 2.50 bits per heavy atom. The molecule has 6 nitrogen and oxygen atoms in total. The molecule has 130 valence electrons. The summed E-state index contributed by atoms with van der Waals surface area (Å²) < 4.78 is 40.6. The van der Waals surface area contributed by atoms with Crippen LogP contribution in [-0.2, 0) is 4.79 Å². The van der Waals surface area contributed by atoms with Crippen molar-refractivity contribution in [2.45, 2.75) is 22.9 Å². The van der Waals surface area contributed by atoms with Crippen LogP contribution < -0.4 is 15.4 Å². The third-order valence-corrected chi connectivity index (χ3v) is 4.75. The third kappa shape index (κ3) is 5.57. The minimum atomic E-state index is -4.75. The minimum absolute atomic E-state index is 0.300. The fraction of sp³-hybridized carbons (Fsp3) is 0.308. The van der Waals surface area contributed by atoms with Crippen LogP contribution >= 0.6 is 23.1 Å². The summed E-state index contributed by atoms with van der Waals surface area (Å²) in [4.78, 5) is 12.1. The molecule has 2 rings (SSSR count). The van der Waals surface area contributed by atoms with Crippen LogP contribution in [0.1, 0.15) is 6.92 Å². The lowest BCUT2D eigenvalue weighted by atomic mass is 10.3. The number of nitrogens with zero attached hydrogens (tertiary/aromatic N) is 2. The van der Waals surface area contributed by atoms with Crippen molar-refractivity contribution in [1.29, 1.82) is 0 Å². The quantitative estimate of drug-likeness (QED) is 0.748. The lowest BCUT2D eigenvalue weighted by Crippen LogP contribution is -2.22. The van der Waals surface area contributed by atoms with E-state index in [9.17, 15) is 18.0 Å². The molecule has 0 saturated heterocycles. The molecule has 0 aliphatic rings. The van der Waals surface area contributed by atoms with Gasteiger partial charge in [0.1, 0.15) is 5.75 Å². The van der Waals surface area contributed by atoms with Crippen LogP contribution in [0.15, 0.2) is 28.6 Å². The molecule has 0 aliphatic heterocycles. The van der Waals surface area contributed by atoms with Crippen molar-refractivity contribution in [2.75, 3.05) is 17.7 Å². The van der Waals surface area contributed by atoms with Crippen molar-refractivity contribution < 1.29 is 22.7 Å². The first-order valence-corrected chi connectivity index (χ1v) is 8.31. The number of halogens is 3. The maximum atomic E-state index is 12.1. The number of carbonyl (C=O) groups is 1. The van der Waals surface area contributed by atoms with E-state index in [-0.39, 0.29) is 11.7 Å². The molecule has 0 bridgehead atoms. The highest BCUT2D eigenvalue weighted by atomic mass is 32.2. The third-order valence-electron chi connectivity index (χ3n) is 2.62. The van der Waals surface area contributed by atoms with E-state index in [1.54, 1.807) is 14.0 Å². The van der Waals surface area contributed by atoms with Gasteiger partial charge >= 0.3 is 6.36 Å². The standard InChI is InChI=1S/C13H13F3N4O2S2/c1-7(23-12-20-19-11(17-2)24-12)10(21)18-8-3-5-9(6-4-8)22-13(14,15)16/h3-7H,1-2H3,(H,17,19)(H,18,21)/t7-/m0/s1. The molecule has 1 atom stereocenters. The molecule has 0 spiro atoms. The number of alkyl halides is 3. The van der Waals surface area contributed by atoms with E-state index in [4.69, 9.17) is 0 Å². The number of aromatic nitrogens is 2. The topological polar surface area (TPSA) is 76.1 Å². The van der Waals surface area contributed by atoms with Crippen LogP contribution in [-0.4, -0.2) is 34.8 Å². The number of benzene rings is 1. The summed E-state index contributed by atoms with van der Waals surface area (Å²) in [5.74, 6) is -0.651. The Morgan fingerprint density at radius 1 is 1.29 bits per heavy atom. The maximum absolute atomic E-state index is 12.1. The molecule has 0 fully saturated rings. The number of thioether (sulfide) groups is 1. The van der Waals surface area contributed by atoms with Gasteiger partial charge < -0.3 is 15.4 Å². The summed E-state index contributed by atoms with van der Waals surface area (Å²) in [5, 5.41) is 13.5. The van der Waals surface area contributed by atoms with Crippen LogP contribution in [0.3, 0.4) is 0 Å². The fourth-order valence-corrected chi connectivity index (χ4v) is 3.40. The van der Waals surface area contributed by atoms with Crippen molar-refractivity contribution in [1.82, 2.24) is 10.2 Å². The van der Waals surface area contributed by atoms with Gasteiger partial charge in [0.15, 0.2) is 4.34 Å². The van der Waals surface area contributed by atoms with Gasteiger partial charge in [0.05, 0.1) is 5.25 Å². The molecule has 0 saturated carbocycles. The highest BCUT2D eigenvalue weighted by Crippen LogP contribution is 2.29. The van der Waals surface area contributed by atoms with Gasteiger partial charge in [-0.25, -0.2) is 0 Å². The molecule has 2 N–H and O–H groups in total. The van der Waals surface area contributed by atoms with Crippen molar-refractivity contribution in [3.8, 4) is 5.75 Å². The smallest absolute Gasteiger partial charge is 0.406 e. The van der Waals surface area contributed by atoms with Gasteiger partial charge in [-0.15, -0.1) is 23.4 Å². The summed E-state index contributed by atoms with van der Waals surface area (Å²) in [7, 11) is 1.72. The van der Waals surface area contributed by atoms with Crippen LogP contribution in [0.4, 0.5) is 24.0 Å². The van der Waals surface area contributed by atoms with Gasteiger partial charge in [-0.05, 0) is 31.2 Å². The highest BCUT2D eigenvalue weighted by molar-refractivity contribution is 8.02. The van der Waals surface area contributed by atoms with E-state index >= 15 is 0 Å². The maximum Gasteiger partial charge on any atom is 0.573 e. The van der Waals surface area contributed by atoms with Gasteiger partial charge in [-0.2, -0.15) is 0 Å². The number of hydrogen-bond acceptors (Lipinski definition) is 7. The number of anilines is 2. The average molecular weight is 378 g/mol. The Kier molecular flexibility index (Phi) is 5.89. The van der Waals surface area contributed by atoms with Crippen molar-refractivity contribution in [3.63, 3.8) is 0 Å². The molecule has 0 aliphatic carbocycles. The number of carbonyl (C=O) groups excluding carboxylic acids is 1. The molecule has 1 amide bonds. The molecule has 0 unspecified atom stereocenters. The number of rotatable bonds is 6. The second-order valence-corrected chi connectivity index (χ2v) is 7.01. The first-order chi connectivity index (χ1) is 11.3. The second-order valence-electron chi connectivity index (χ2n) is 4.44. The Morgan fingerprint density at radius 2 is 1.96 bits per heavy atom. The molecule has 11 heteroatoms. The molecule has 1 aromatic carbocycles. The lowest BCUT2D eigenvalue weighted by Gasteiger charge is -2.12. The van der Waals surface area contributed by atoms with E-state index in [0.717, 1.165) is 12.1 Å². The Bertz CT molecular complexity index is 691. The zero-order valence-electron chi connectivity index (χ0n) is 12.5. The highest BCUT2D eigenvalue weighted by Gasteiger charge is 2.31. The first kappa shape index (κ1) is 18.3. The summed E-state index contributed by atoms with van der Waals surface area (Å²) in [6.07, 6.45) is -4.75. The van der Waals surface area contributed by atoms with Crippen molar-refractivity contribution >= 4 is 39.8 Å². The van der Waals surface area contributed by atoms with Gasteiger partial charge in [0.2, 0.25) is 11.0 Å². The Hall–Kier alpha value is -2.01. The molecule has 2 aromatic rings. The molecular formula is C13H13F3N4O2S2. The fourth-order valence-electron chi connectivity index (χ4n) is 1.55.